The van der Waals surface area contributed by atoms with Crippen LogP contribution in [0.4, 0.5) is 4.39 Å². The number of piperidine rings is 1. The molecule has 6 heteroatoms. The molecular weight excluding hydrogens is 269 g/mol. The zero-order valence-electron chi connectivity index (χ0n) is 10.9. The quantitative estimate of drug-likeness (QED) is 0.901. The Balaban J connectivity index is 0.00000180. The fraction of sp³-hybridized carbons (Fsp3) is 0.538. The summed E-state index contributed by atoms with van der Waals surface area (Å²) in [7, 11) is 0. The molecular formula is C13H19ClFN3O. The molecule has 1 aliphatic heterocycles. The maximum atomic E-state index is 13.0. The monoisotopic (exact) mass is 287 g/mol. The number of aromatic nitrogens is 1. The molecule has 2 atom stereocenters. The smallest absolute Gasteiger partial charge is 0.255 e. The molecule has 1 fully saturated rings. The number of carbonyl (C=O) groups is 1. The van der Waals surface area contributed by atoms with Crippen molar-refractivity contribution >= 4 is 18.3 Å². The van der Waals surface area contributed by atoms with Gasteiger partial charge in [0.25, 0.3) is 5.91 Å². The molecule has 4 nitrogen and oxygen atoms in total. The van der Waals surface area contributed by atoms with E-state index < -0.39 is 5.82 Å². The molecule has 1 saturated heterocycles. The molecule has 0 spiro atoms. The fourth-order valence-corrected chi connectivity index (χ4v) is 2.35. The first-order valence-electron chi connectivity index (χ1n) is 6.21. The van der Waals surface area contributed by atoms with Gasteiger partial charge in [0.05, 0.1) is 11.8 Å². The number of hydrogen-bond acceptors (Lipinski definition) is 3. The third kappa shape index (κ3) is 3.64. The Morgan fingerprint density at radius 2 is 2.32 bits per heavy atom. The van der Waals surface area contributed by atoms with Crippen LogP contribution in [0.15, 0.2) is 18.5 Å². The van der Waals surface area contributed by atoms with Gasteiger partial charge in [-0.25, -0.2) is 4.39 Å². The number of nitrogens with two attached hydrogens (primary N) is 1. The van der Waals surface area contributed by atoms with Crippen LogP contribution in [0.2, 0.25) is 0 Å². The van der Waals surface area contributed by atoms with E-state index in [2.05, 4.69) is 11.9 Å². The molecule has 2 unspecified atom stereocenters. The summed E-state index contributed by atoms with van der Waals surface area (Å²) in [5.41, 5.74) is 6.01. The van der Waals surface area contributed by atoms with Crippen molar-refractivity contribution in [3.8, 4) is 0 Å². The molecule has 19 heavy (non-hydrogen) atoms. The Morgan fingerprint density at radius 3 is 2.95 bits per heavy atom. The van der Waals surface area contributed by atoms with Crippen LogP contribution in [0, 0.1) is 17.7 Å². The minimum Gasteiger partial charge on any atom is -0.338 e. The third-order valence-electron chi connectivity index (χ3n) is 3.66. The van der Waals surface area contributed by atoms with E-state index in [0.29, 0.717) is 37.0 Å². The number of amides is 1. The summed E-state index contributed by atoms with van der Waals surface area (Å²) in [6.07, 6.45) is 3.44. The van der Waals surface area contributed by atoms with Crippen molar-refractivity contribution in [3.05, 3.63) is 29.8 Å². The summed E-state index contributed by atoms with van der Waals surface area (Å²) in [4.78, 5) is 17.6. The first kappa shape index (κ1) is 15.9. The molecule has 0 aromatic carbocycles. The van der Waals surface area contributed by atoms with Gasteiger partial charge < -0.3 is 10.6 Å². The second-order valence-corrected chi connectivity index (χ2v) is 4.90. The molecule has 1 aliphatic rings. The van der Waals surface area contributed by atoms with Crippen LogP contribution in [-0.2, 0) is 0 Å². The maximum Gasteiger partial charge on any atom is 0.255 e. The predicted molar refractivity (Wildman–Crippen MR) is 73.7 cm³/mol. The van der Waals surface area contributed by atoms with Gasteiger partial charge in [0.15, 0.2) is 0 Å². The SMILES string of the molecule is CC1CCN(C(=O)c2cncc(F)c2)CC1CN.Cl. The van der Waals surface area contributed by atoms with E-state index in [0.717, 1.165) is 12.6 Å². The average Bonchev–Trinajstić information content (AvgIpc) is 2.38. The molecule has 106 valence electrons. The van der Waals surface area contributed by atoms with Gasteiger partial charge in [0, 0.05) is 19.3 Å². The Bertz CT molecular complexity index is 444. The number of nitrogens with zero attached hydrogens (tertiary/aromatic N) is 2. The molecule has 1 aromatic heterocycles. The highest BCUT2D eigenvalue weighted by molar-refractivity contribution is 5.94. The van der Waals surface area contributed by atoms with E-state index in [1.165, 1.54) is 12.3 Å². The second kappa shape index (κ2) is 6.82. The van der Waals surface area contributed by atoms with Gasteiger partial charge in [0.2, 0.25) is 0 Å². The van der Waals surface area contributed by atoms with E-state index in [4.69, 9.17) is 5.73 Å². The molecule has 0 bridgehead atoms. The molecule has 2 heterocycles. The zero-order chi connectivity index (χ0) is 13.1. The van der Waals surface area contributed by atoms with Gasteiger partial charge in [0.1, 0.15) is 5.82 Å². The van der Waals surface area contributed by atoms with Gasteiger partial charge in [-0.2, -0.15) is 0 Å². The normalized spacial score (nSPS) is 22.8. The molecule has 2 rings (SSSR count). The maximum absolute atomic E-state index is 13.0. The van der Waals surface area contributed by atoms with Gasteiger partial charge in [-0.3, -0.25) is 9.78 Å². The number of rotatable bonds is 2. The van der Waals surface area contributed by atoms with E-state index >= 15 is 0 Å². The van der Waals surface area contributed by atoms with Crippen molar-refractivity contribution in [3.63, 3.8) is 0 Å². The second-order valence-electron chi connectivity index (χ2n) is 4.90. The van der Waals surface area contributed by atoms with E-state index in [1.54, 1.807) is 4.90 Å². The van der Waals surface area contributed by atoms with Crippen molar-refractivity contribution < 1.29 is 9.18 Å². The molecule has 1 aromatic rings. The third-order valence-corrected chi connectivity index (χ3v) is 3.66. The summed E-state index contributed by atoms with van der Waals surface area (Å²) in [5, 5.41) is 0. The summed E-state index contributed by atoms with van der Waals surface area (Å²) in [6, 6.07) is 1.23. The van der Waals surface area contributed by atoms with E-state index in [-0.39, 0.29) is 18.3 Å². The summed E-state index contributed by atoms with van der Waals surface area (Å²) in [6.45, 7) is 4.08. The minimum absolute atomic E-state index is 0. The number of halogens is 2. The minimum atomic E-state index is -0.485. The van der Waals surface area contributed by atoms with Crippen molar-refractivity contribution in [2.45, 2.75) is 13.3 Å². The highest BCUT2D eigenvalue weighted by atomic mass is 35.5. The van der Waals surface area contributed by atoms with Gasteiger partial charge in [-0.15, -0.1) is 12.4 Å². The number of pyridine rings is 1. The van der Waals surface area contributed by atoms with E-state index in [9.17, 15) is 9.18 Å². The molecule has 0 radical (unpaired) electrons. The lowest BCUT2D eigenvalue weighted by Crippen LogP contribution is -2.45. The lowest BCUT2D eigenvalue weighted by Gasteiger charge is -2.36. The number of hydrogen-bond donors (Lipinski definition) is 1. The highest BCUT2D eigenvalue weighted by Crippen LogP contribution is 2.23. The van der Waals surface area contributed by atoms with Crippen molar-refractivity contribution in [2.24, 2.45) is 17.6 Å². The zero-order valence-corrected chi connectivity index (χ0v) is 11.7. The summed E-state index contributed by atoms with van der Waals surface area (Å²) >= 11 is 0. The van der Waals surface area contributed by atoms with Crippen molar-refractivity contribution in [2.75, 3.05) is 19.6 Å². The topological polar surface area (TPSA) is 59.2 Å². The number of likely N-dealkylation sites (tertiary alicyclic amines) is 1. The summed E-state index contributed by atoms with van der Waals surface area (Å²) in [5.74, 6) is 0.211. The van der Waals surface area contributed by atoms with Crippen LogP contribution in [0.25, 0.3) is 0 Å². The van der Waals surface area contributed by atoms with Crippen molar-refractivity contribution in [1.29, 1.82) is 0 Å². The van der Waals surface area contributed by atoms with Crippen molar-refractivity contribution in [1.82, 2.24) is 9.88 Å². The highest BCUT2D eigenvalue weighted by Gasteiger charge is 2.28. The van der Waals surface area contributed by atoms with Crippen LogP contribution in [-0.4, -0.2) is 35.4 Å². The van der Waals surface area contributed by atoms with Crippen LogP contribution in [0.1, 0.15) is 23.7 Å². The molecule has 0 saturated carbocycles. The van der Waals surface area contributed by atoms with Crippen LogP contribution < -0.4 is 5.73 Å². The molecule has 0 aliphatic carbocycles. The van der Waals surface area contributed by atoms with Gasteiger partial charge >= 0.3 is 0 Å². The standard InChI is InChI=1S/C13H18FN3O.ClH/c1-9-2-3-17(8-11(9)5-15)13(18)10-4-12(14)7-16-6-10;/h4,6-7,9,11H,2-3,5,8,15H2,1H3;1H. The fourth-order valence-electron chi connectivity index (χ4n) is 2.35. The Morgan fingerprint density at radius 1 is 1.58 bits per heavy atom. The van der Waals surface area contributed by atoms with Crippen LogP contribution in [0.3, 0.4) is 0 Å². The van der Waals surface area contributed by atoms with Gasteiger partial charge in [-0.05, 0) is 30.9 Å². The predicted octanol–water partition coefficient (Wildman–Crippen LogP) is 1.70. The lowest BCUT2D eigenvalue weighted by atomic mass is 9.87. The van der Waals surface area contributed by atoms with Gasteiger partial charge in [-0.1, -0.05) is 6.92 Å². The Hall–Kier alpha value is -1.20. The number of carbonyl (C=O) groups excluding carboxylic acids is 1. The first-order chi connectivity index (χ1) is 8.61. The first-order valence-corrected chi connectivity index (χ1v) is 6.21. The van der Waals surface area contributed by atoms with Crippen LogP contribution >= 0.6 is 12.4 Å². The molecule has 2 N–H and O–H groups in total. The Labute approximate surface area is 118 Å². The largest absolute Gasteiger partial charge is 0.338 e. The molecule has 1 amide bonds. The van der Waals surface area contributed by atoms with E-state index in [1.807, 2.05) is 0 Å². The lowest BCUT2D eigenvalue weighted by molar-refractivity contribution is 0.0617. The van der Waals surface area contributed by atoms with Crippen LogP contribution in [0.5, 0.6) is 0 Å². The average molecular weight is 288 g/mol. The Kier molecular flexibility index (Phi) is 5.69. The summed E-state index contributed by atoms with van der Waals surface area (Å²) < 4.78 is 13.0.